The molecule has 9 nitrogen and oxygen atoms in total. The highest BCUT2D eigenvalue weighted by atomic mass is 127. The van der Waals surface area contributed by atoms with Crippen molar-refractivity contribution in [3.8, 4) is 0 Å². The third kappa shape index (κ3) is 8.44. The van der Waals surface area contributed by atoms with Crippen LogP contribution in [0.15, 0.2) is 34.2 Å². The summed E-state index contributed by atoms with van der Waals surface area (Å²) in [5, 5.41) is 6.75. The average Bonchev–Trinajstić information content (AvgIpc) is 2.71. The molecule has 0 aromatic heterocycles. The van der Waals surface area contributed by atoms with Crippen molar-refractivity contribution in [3.05, 3.63) is 29.3 Å². The molecule has 1 heterocycles. The normalized spacial score (nSPS) is 15.3. The van der Waals surface area contributed by atoms with Gasteiger partial charge in [0.05, 0.1) is 11.5 Å². The summed E-state index contributed by atoms with van der Waals surface area (Å²) in [4.78, 5) is 17.7. The number of carbonyl (C=O) groups is 1. The number of aliphatic imine (C=N–C) groups is 1. The maximum Gasteiger partial charge on any atom is 0.409 e. The van der Waals surface area contributed by atoms with Gasteiger partial charge in [-0.2, -0.15) is 0 Å². The lowest BCUT2D eigenvalue weighted by atomic mass is 10.1. The van der Waals surface area contributed by atoms with E-state index in [1.54, 1.807) is 31.0 Å². The third-order valence-corrected chi connectivity index (χ3v) is 6.10. The molecule has 12 heteroatoms. The zero-order valence-corrected chi connectivity index (χ0v) is 21.0. The zero-order valence-electron chi connectivity index (χ0n) is 17.1. The Morgan fingerprint density at radius 3 is 2.60 bits per heavy atom. The van der Waals surface area contributed by atoms with Crippen molar-refractivity contribution in [3.63, 3.8) is 0 Å². The van der Waals surface area contributed by atoms with Gasteiger partial charge in [0.25, 0.3) is 0 Å². The number of halogens is 2. The number of amides is 1. The van der Waals surface area contributed by atoms with Crippen LogP contribution in [-0.2, 0) is 14.8 Å². The van der Waals surface area contributed by atoms with Crippen molar-refractivity contribution >= 4 is 57.7 Å². The summed E-state index contributed by atoms with van der Waals surface area (Å²) in [5.41, 5.74) is 0. The predicted octanol–water partition coefficient (Wildman–Crippen LogP) is 2.02. The third-order valence-electron chi connectivity index (χ3n) is 4.40. The number of hydrogen-bond donors (Lipinski definition) is 3. The van der Waals surface area contributed by atoms with Crippen LogP contribution in [-0.4, -0.2) is 71.2 Å². The van der Waals surface area contributed by atoms with Crippen LogP contribution in [0.4, 0.5) is 4.79 Å². The number of hydrogen-bond acceptors (Lipinski definition) is 5. The zero-order chi connectivity index (χ0) is 21.3. The molecule has 170 valence electrons. The van der Waals surface area contributed by atoms with Crippen molar-refractivity contribution in [2.24, 2.45) is 4.99 Å². The molecule has 0 bridgehead atoms. The maximum atomic E-state index is 12.3. The van der Waals surface area contributed by atoms with E-state index in [-0.39, 0.29) is 47.6 Å². The van der Waals surface area contributed by atoms with Gasteiger partial charge < -0.3 is 20.3 Å². The van der Waals surface area contributed by atoms with Crippen LogP contribution < -0.4 is 15.4 Å². The standard InChI is InChI=1S/C18H28ClN5O4S.HI/c1-3-28-18(25)24-11-7-15(8-12-24)23-17(20-2)21-9-10-22-29(26,27)16-6-4-5-14(19)13-16;/h4-6,13,15,22H,3,7-12H2,1-2H3,(H2,20,21,23);1H. The molecule has 1 saturated heterocycles. The van der Waals surface area contributed by atoms with Crippen LogP contribution in [0.3, 0.4) is 0 Å². The number of benzene rings is 1. The fourth-order valence-corrected chi connectivity index (χ4v) is 4.23. The van der Waals surface area contributed by atoms with Crippen LogP contribution >= 0.6 is 35.6 Å². The molecule has 0 radical (unpaired) electrons. The van der Waals surface area contributed by atoms with Gasteiger partial charge in [0, 0.05) is 44.3 Å². The average molecular weight is 574 g/mol. The predicted molar refractivity (Wildman–Crippen MR) is 128 cm³/mol. The van der Waals surface area contributed by atoms with E-state index in [4.69, 9.17) is 16.3 Å². The lowest BCUT2D eigenvalue weighted by molar-refractivity contribution is 0.0963. The number of ether oxygens (including phenoxy) is 1. The van der Waals surface area contributed by atoms with Gasteiger partial charge in [0.15, 0.2) is 5.96 Å². The summed E-state index contributed by atoms with van der Waals surface area (Å²) >= 11 is 5.85. The second-order valence-corrected chi connectivity index (χ2v) is 8.66. The topological polar surface area (TPSA) is 112 Å². The van der Waals surface area contributed by atoms with Crippen LogP contribution in [0.25, 0.3) is 0 Å². The number of carbonyl (C=O) groups excluding carboxylic acids is 1. The van der Waals surface area contributed by atoms with E-state index < -0.39 is 10.0 Å². The van der Waals surface area contributed by atoms with Gasteiger partial charge in [-0.3, -0.25) is 4.99 Å². The molecule has 1 amide bonds. The Morgan fingerprint density at radius 1 is 1.30 bits per heavy atom. The summed E-state index contributed by atoms with van der Waals surface area (Å²) < 4.78 is 32.1. The van der Waals surface area contributed by atoms with Gasteiger partial charge in [-0.1, -0.05) is 17.7 Å². The summed E-state index contributed by atoms with van der Waals surface area (Å²) in [6, 6.07) is 6.28. The van der Waals surface area contributed by atoms with Crippen molar-refractivity contribution in [1.82, 2.24) is 20.3 Å². The van der Waals surface area contributed by atoms with Gasteiger partial charge in [-0.15, -0.1) is 24.0 Å². The Labute approximate surface area is 200 Å². The first-order valence-electron chi connectivity index (χ1n) is 9.50. The first kappa shape index (κ1) is 26.7. The lowest BCUT2D eigenvalue weighted by Gasteiger charge is -2.32. The number of piperidine rings is 1. The highest BCUT2D eigenvalue weighted by Crippen LogP contribution is 2.15. The minimum Gasteiger partial charge on any atom is -0.450 e. The summed E-state index contributed by atoms with van der Waals surface area (Å²) in [7, 11) is -1.97. The van der Waals surface area contributed by atoms with Gasteiger partial charge in [0.1, 0.15) is 0 Å². The number of rotatable bonds is 7. The molecule has 1 fully saturated rings. The highest BCUT2D eigenvalue weighted by Gasteiger charge is 2.24. The first-order chi connectivity index (χ1) is 13.9. The Bertz CT molecular complexity index is 817. The van der Waals surface area contributed by atoms with E-state index in [1.165, 1.54) is 12.1 Å². The molecule has 1 aromatic rings. The molecule has 1 aromatic carbocycles. The van der Waals surface area contributed by atoms with E-state index in [0.717, 1.165) is 12.8 Å². The fourth-order valence-electron chi connectivity index (χ4n) is 2.89. The second-order valence-electron chi connectivity index (χ2n) is 6.46. The van der Waals surface area contributed by atoms with Gasteiger partial charge in [0.2, 0.25) is 10.0 Å². The smallest absolute Gasteiger partial charge is 0.409 e. The summed E-state index contributed by atoms with van der Waals surface area (Å²) in [5.74, 6) is 0.585. The fraction of sp³-hybridized carbons (Fsp3) is 0.556. The van der Waals surface area contributed by atoms with Gasteiger partial charge >= 0.3 is 6.09 Å². The molecular weight excluding hydrogens is 545 g/mol. The minimum atomic E-state index is -3.62. The molecule has 0 spiro atoms. The highest BCUT2D eigenvalue weighted by molar-refractivity contribution is 14.0. The second kappa shape index (κ2) is 13.2. The monoisotopic (exact) mass is 573 g/mol. The SMILES string of the molecule is CCOC(=O)N1CCC(NC(=NC)NCCNS(=O)(=O)c2cccc(Cl)c2)CC1.I. The molecule has 30 heavy (non-hydrogen) atoms. The Hall–Kier alpha value is -1.31. The van der Waals surface area contributed by atoms with Crippen molar-refractivity contribution in [2.75, 3.05) is 39.8 Å². The minimum absolute atomic E-state index is 0. The number of likely N-dealkylation sites (tertiary alicyclic amines) is 1. The Kier molecular flexibility index (Phi) is 11.7. The number of nitrogens with one attached hydrogen (secondary N) is 3. The van der Waals surface area contributed by atoms with Crippen molar-refractivity contribution < 1.29 is 17.9 Å². The Morgan fingerprint density at radius 2 is 2.00 bits per heavy atom. The van der Waals surface area contributed by atoms with Crippen LogP contribution in [0, 0.1) is 0 Å². The lowest BCUT2D eigenvalue weighted by Crippen LogP contribution is -2.50. The number of guanidine groups is 1. The van der Waals surface area contributed by atoms with Crippen molar-refractivity contribution in [1.29, 1.82) is 0 Å². The van der Waals surface area contributed by atoms with Crippen molar-refractivity contribution in [2.45, 2.75) is 30.7 Å². The maximum absolute atomic E-state index is 12.3. The van der Waals surface area contributed by atoms with E-state index >= 15 is 0 Å². The number of sulfonamides is 1. The largest absolute Gasteiger partial charge is 0.450 e. The van der Waals surface area contributed by atoms with E-state index in [2.05, 4.69) is 20.3 Å². The molecule has 0 unspecified atom stereocenters. The molecule has 0 atom stereocenters. The van der Waals surface area contributed by atoms with E-state index in [0.29, 0.717) is 37.2 Å². The van der Waals surface area contributed by atoms with Gasteiger partial charge in [-0.05, 0) is 38.0 Å². The molecule has 0 saturated carbocycles. The number of nitrogens with zero attached hydrogens (tertiary/aromatic N) is 2. The first-order valence-corrected chi connectivity index (χ1v) is 11.4. The summed E-state index contributed by atoms with van der Waals surface area (Å²) in [6.07, 6.45) is 1.28. The van der Waals surface area contributed by atoms with Crippen LogP contribution in [0.5, 0.6) is 0 Å². The molecule has 0 aliphatic carbocycles. The molecule has 2 rings (SSSR count). The van der Waals surface area contributed by atoms with Crippen LogP contribution in [0.2, 0.25) is 5.02 Å². The summed E-state index contributed by atoms with van der Waals surface area (Å²) in [6.45, 7) is 3.95. The molecular formula is C18H29ClIN5O4S. The molecule has 1 aliphatic heterocycles. The van der Waals surface area contributed by atoms with E-state index in [9.17, 15) is 13.2 Å². The molecule has 1 aliphatic rings. The Balaban J connectivity index is 0.00000450. The van der Waals surface area contributed by atoms with E-state index in [1.807, 2.05) is 0 Å². The van der Waals surface area contributed by atoms with Crippen LogP contribution in [0.1, 0.15) is 19.8 Å². The quantitative estimate of drug-likeness (QED) is 0.199. The van der Waals surface area contributed by atoms with Gasteiger partial charge in [-0.25, -0.2) is 17.9 Å². The molecule has 3 N–H and O–H groups in total.